The van der Waals surface area contributed by atoms with Gasteiger partial charge in [0, 0.05) is 10.4 Å². The molecular formula is C14H18BrClFN. The Bertz CT molecular complexity index is 419. The van der Waals surface area contributed by atoms with E-state index < -0.39 is 0 Å². The molecule has 100 valence electrons. The Hall–Kier alpha value is -0.120. The number of halogens is 3. The molecule has 2 rings (SSSR count). The van der Waals surface area contributed by atoms with E-state index in [1.54, 1.807) is 6.07 Å². The van der Waals surface area contributed by atoms with Gasteiger partial charge in [-0.15, -0.1) is 0 Å². The first-order valence-electron chi connectivity index (χ1n) is 6.48. The lowest BCUT2D eigenvalue weighted by Crippen LogP contribution is -2.24. The molecule has 1 unspecified atom stereocenters. The average Bonchev–Trinajstić information content (AvgIpc) is 2.38. The highest BCUT2D eigenvalue weighted by Crippen LogP contribution is 2.38. The third-order valence-corrected chi connectivity index (χ3v) is 5.11. The fourth-order valence-corrected chi connectivity index (χ4v) is 3.44. The minimum atomic E-state index is -0.232. The summed E-state index contributed by atoms with van der Waals surface area (Å²) in [5.41, 5.74) is 6.59. The Morgan fingerprint density at radius 1 is 1.33 bits per heavy atom. The number of hydrogen-bond acceptors (Lipinski definition) is 1. The third-order valence-electron chi connectivity index (χ3n) is 3.91. The van der Waals surface area contributed by atoms with E-state index in [4.69, 9.17) is 17.3 Å². The molecule has 0 radical (unpaired) electrons. The molecule has 1 atom stereocenters. The summed E-state index contributed by atoms with van der Waals surface area (Å²) in [6.07, 6.45) is 6.07. The van der Waals surface area contributed by atoms with Gasteiger partial charge in [-0.2, -0.15) is 0 Å². The second-order valence-corrected chi connectivity index (χ2v) is 6.29. The van der Waals surface area contributed by atoms with E-state index in [9.17, 15) is 4.39 Å². The molecule has 0 saturated heterocycles. The van der Waals surface area contributed by atoms with Crippen molar-refractivity contribution in [3.63, 3.8) is 0 Å². The molecular weight excluding hydrogens is 317 g/mol. The van der Waals surface area contributed by atoms with Crippen LogP contribution in [0.5, 0.6) is 0 Å². The lowest BCUT2D eigenvalue weighted by Gasteiger charge is -2.30. The van der Waals surface area contributed by atoms with Crippen LogP contribution in [-0.4, -0.2) is 6.54 Å². The van der Waals surface area contributed by atoms with Crippen LogP contribution in [-0.2, 0) is 0 Å². The van der Waals surface area contributed by atoms with E-state index in [2.05, 4.69) is 15.9 Å². The molecule has 1 aliphatic carbocycles. The molecule has 1 saturated carbocycles. The zero-order valence-corrected chi connectivity index (χ0v) is 12.6. The second kappa shape index (κ2) is 6.36. The van der Waals surface area contributed by atoms with Gasteiger partial charge in [0.25, 0.3) is 0 Å². The number of hydrogen-bond donors (Lipinski definition) is 1. The quantitative estimate of drug-likeness (QED) is 0.785. The van der Waals surface area contributed by atoms with Crippen LogP contribution < -0.4 is 5.73 Å². The van der Waals surface area contributed by atoms with E-state index in [1.807, 2.05) is 0 Å². The van der Waals surface area contributed by atoms with Gasteiger partial charge in [0.1, 0.15) is 5.82 Å². The summed E-state index contributed by atoms with van der Waals surface area (Å²) in [6.45, 7) is 0.496. The molecule has 1 aromatic rings. The fraction of sp³-hybridized carbons (Fsp3) is 0.571. The Kier molecular flexibility index (Phi) is 5.05. The van der Waals surface area contributed by atoms with Crippen LogP contribution in [0.1, 0.15) is 43.6 Å². The summed E-state index contributed by atoms with van der Waals surface area (Å²) in [5.74, 6) is 0.384. The maximum absolute atomic E-state index is 14.1. The zero-order valence-electron chi connectivity index (χ0n) is 10.3. The first-order chi connectivity index (χ1) is 8.63. The summed E-state index contributed by atoms with van der Waals surface area (Å²) >= 11 is 9.26. The largest absolute Gasteiger partial charge is 0.330 e. The molecule has 0 aliphatic heterocycles. The topological polar surface area (TPSA) is 26.0 Å². The summed E-state index contributed by atoms with van der Waals surface area (Å²) in [6, 6.07) is 3.18. The van der Waals surface area contributed by atoms with Crippen molar-refractivity contribution in [3.8, 4) is 0 Å². The maximum Gasteiger partial charge on any atom is 0.128 e. The van der Waals surface area contributed by atoms with Crippen molar-refractivity contribution in [1.82, 2.24) is 0 Å². The molecule has 2 N–H and O–H groups in total. The molecule has 1 nitrogen and oxygen atoms in total. The van der Waals surface area contributed by atoms with Gasteiger partial charge in [-0.05, 0) is 58.9 Å². The van der Waals surface area contributed by atoms with Crippen LogP contribution in [0.3, 0.4) is 0 Å². The van der Waals surface area contributed by atoms with Gasteiger partial charge in [0.05, 0.1) is 5.02 Å². The average molecular weight is 335 g/mol. The van der Waals surface area contributed by atoms with Gasteiger partial charge in [0.2, 0.25) is 0 Å². The van der Waals surface area contributed by atoms with Crippen molar-refractivity contribution in [1.29, 1.82) is 0 Å². The van der Waals surface area contributed by atoms with Gasteiger partial charge >= 0.3 is 0 Å². The summed E-state index contributed by atoms with van der Waals surface area (Å²) in [7, 11) is 0. The summed E-state index contributed by atoms with van der Waals surface area (Å²) in [5, 5.41) is 0.413. The van der Waals surface area contributed by atoms with E-state index in [0.29, 0.717) is 23.0 Å². The zero-order chi connectivity index (χ0) is 13.1. The predicted molar refractivity (Wildman–Crippen MR) is 77.5 cm³/mol. The van der Waals surface area contributed by atoms with E-state index in [0.717, 1.165) is 17.3 Å². The molecule has 4 heteroatoms. The normalized spacial score (nSPS) is 18.9. The first kappa shape index (κ1) is 14.3. The van der Waals surface area contributed by atoms with Crippen LogP contribution in [0.15, 0.2) is 16.6 Å². The molecule has 1 aromatic carbocycles. The summed E-state index contributed by atoms with van der Waals surface area (Å²) in [4.78, 5) is 0. The van der Waals surface area contributed by atoms with Crippen LogP contribution in [0.4, 0.5) is 4.39 Å². The smallest absolute Gasteiger partial charge is 0.128 e. The monoisotopic (exact) mass is 333 g/mol. The Morgan fingerprint density at radius 3 is 2.61 bits per heavy atom. The van der Waals surface area contributed by atoms with Crippen molar-refractivity contribution >= 4 is 27.5 Å². The van der Waals surface area contributed by atoms with Crippen molar-refractivity contribution in [3.05, 3.63) is 33.0 Å². The minimum Gasteiger partial charge on any atom is -0.330 e. The third kappa shape index (κ3) is 3.06. The Labute approximate surface area is 121 Å². The van der Waals surface area contributed by atoms with Crippen LogP contribution in [0, 0.1) is 11.7 Å². The van der Waals surface area contributed by atoms with Crippen LogP contribution >= 0.6 is 27.5 Å². The van der Waals surface area contributed by atoms with Gasteiger partial charge in [0.15, 0.2) is 0 Å². The lowest BCUT2D eigenvalue weighted by atomic mass is 9.77. The van der Waals surface area contributed by atoms with E-state index >= 15 is 0 Å². The standard InChI is InChI=1S/C14H18BrClFN/c15-12-6-10(14(17)7-13(12)16)11(8-18)9-4-2-1-3-5-9/h6-7,9,11H,1-5,8,18H2. The van der Waals surface area contributed by atoms with Gasteiger partial charge in [-0.1, -0.05) is 30.9 Å². The fourth-order valence-electron chi connectivity index (χ4n) is 2.93. The van der Waals surface area contributed by atoms with Gasteiger partial charge in [-0.3, -0.25) is 0 Å². The van der Waals surface area contributed by atoms with Crippen molar-refractivity contribution in [2.75, 3.05) is 6.54 Å². The highest BCUT2D eigenvalue weighted by atomic mass is 79.9. The molecule has 0 spiro atoms. The number of benzene rings is 1. The van der Waals surface area contributed by atoms with Crippen LogP contribution in [0.25, 0.3) is 0 Å². The minimum absolute atomic E-state index is 0.110. The van der Waals surface area contributed by atoms with Crippen LogP contribution in [0.2, 0.25) is 5.02 Å². The highest BCUT2D eigenvalue weighted by molar-refractivity contribution is 9.10. The second-order valence-electron chi connectivity index (χ2n) is 5.03. The molecule has 1 fully saturated rings. The first-order valence-corrected chi connectivity index (χ1v) is 7.65. The van der Waals surface area contributed by atoms with Crippen molar-refractivity contribution < 1.29 is 4.39 Å². The maximum atomic E-state index is 14.1. The molecule has 1 aliphatic rings. The number of rotatable bonds is 3. The van der Waals surface area contributed by atoms with Crippen molar-refractivity contribution in [2.45, 2.75) is 38.0 Å². The van der Waals surface area contributed by atoms with Gasteiger partial charge < -0.3 is 5.73 Å². The summed E-state index contributed by atoms with van der Waals surface area (Å²) < 4.78 is 14.8. The lowest BCUT2D eigenvalue weighted by molar-refractivity contribution is 0.303. The Morgan fingerprint density at radius 2 is 2.00 bits per heavy atom. The molecule has 18 heavy (non-hydrogen) atoms. The highest BCUT2D eigenvalue weighted by Gasteiger charge is 2.26. The molecule has 0 bridgehead atoms. The molecule has 0 amide bonds. The van der Waals surface area contributed by atoms with E-state index in [1.165, 1.54) is 25.3 Å². The predicted octanol–water partition coefficient (Wildman–Crippen LogP) is 4.86. The van der Waals surface area contributed by atoms with E-state index in [-0.39, 0.29) is 11.7 Å². The Balaban J connectivity index is 2.28. The van der Waals surface area contributed by atoms with Gasteiger partial charge in [-0.25, -0.2) is 4.39 Å². The SMILES string of the molecule is NCC(c1cc(Br)c(Cl)cc1F)C1CCCCC1. The number of nitrogens with two attached hydrogens (primary N) is 1. The van der Waals surface area contributed by atoms with Crippen molar-refractivity contribution in [2.24, 2.45) is 11.7 Å². The molecule has 0 aromatic heterocycles. The molecule has 0 heterocycles.